The first-order valence-electron chi connectivity index (χ1n) is 11.3. The summed E-state index contributed by atoms with van der Waals surface area (Å²) in [5, 5.41) is 2.23. The van der Waals surface area contributed by atoms with Gasteiger partial charge in [-0.2, -0.15) is 0 Å². The molecule has 7 nitrogen and oxygen atoms in total. The summed E-state index contributed by atoms with van der Waals surface area (Å²) in [4.78, 5) is 39.7. The molecule has 0 atom stereocenters. The fraction of sp³-hybridized carbons (Fsp3) is 0.375. The minimum Gasteiger partial charge on any atom is -0.451 e. The number of thiophene rings is 1. The van der Waals surface area contributed by atoms with Gasteiger partial charge in [0.25, 0.3) is 11.5 Å². The summed E-state index contributed by atoms with van der Waals surface area (Å²) < 4.78 is 5.74. The van der Waals surface area contributed by atoms with Crippen LogP contribution in [-0.4, -0.2) is 51.9 Å². The summed E-state index contributed by atoms with van der Waals surface area (Å²) in [5.41, 5.74) is 1.84. The number of piperazine rings is 1. The predicted molar refractivity (Wildman–Crippen MR) is 129 cm³/mol. The maximum Gasteiger partial charge on any atom is 0.289 e. The smallest absolute Gasteiger partial charge is 0.289 e. The van der Waals surface area contributed by atoms with Gasteiger partial charge in [0, 0.05) is 41.5 Å². The van der Waals surface area contributed by atoms with Crippen molar-refractivity contribution in [2.75, 3.05) is 26.2 Å². The molecule has 4 heterocycles. The Morgan fingerprint density at radius 3 is 2.82 bits per heavy atom. The van der Waals surface area contributed by atoms with Crippen LogP contribution < -0.4 is 5.56 Å². The van der Waals surface area contributed by atoms with Gasteiger partial charge in [0.1, 0.15) is 16.2 Å². The van der Waals surface area contributed by atoms with Crippen molar-refractivity contribution >= 4 is 50.0 Å². The second-order valence-corrected chi connectivity index (χ2v) is 10.3. The van der Waals surface area contributed by atoms with Gasteiger partial charge in [0.2, 0.25) is 0 Å². The number of H-pyrrole nitrogens is 1. The molecule has 4 aromatic rings. The molecule has 0 bridgehead atoms. The highest BCUT2D eigenvalue weighted by atomic mass is 35.5. The predicted octanol–water partition coefficient (Wildman–Crippen LogP) is 4.22. The molecule has 0 unspecified atom stereocenters. The van der Waals surface area contributed by atoms with Crippen molar-refractivity contribution in [3.8, 4) is 0 Å². The zero-order valence-electron chi connectivity index (χ0n) is 18.0. The minimum absolute atomic E-state index is 0.0202. The van der Waals surface area contributed by atoms with Crippen LogP contribution in [0.2, 0.25) is 5.02 Å². The summed E-state index contributed by atoms with van der Waals surface area (Å²) in [7, 11) is 0. The first kappa shape index (κ1) is 20.9. The summed E-state index contributed by atoms with van der Waals surface area (Å²) >= 11 is 7.71. The highest BCUT2D eigenvalue weighted by Gasteiger charge is 2.26. The average molecular weight is 483 g/mol. The Hall–Kier alpha value is -2.68. The van der Waals surface area contributed by atoms with Crippen LogP contribution in [0.5, 0.6) is 0 Å². The number of amides is 1. The van der Waals surface area contributed by atoms with Crippen LogP contribution in [0.3, 0.4) is 0 Å². The van der Waals surface area contributed by atoms with Crippen molar-refractivity contribution < 1.29 is 9.21 Å². The third-order valence-electron chi connectivity index (χ3n) is 6.60. The van der Waals surface area contributed by atoms with Gasteiger partial charge in [0.05, 0.1) is 11.9 Å². The largest absolute Gasteiger partial charge is 0.451 e. The van der Waals surface area contributed by atoms with E-state index >= 15 is 0 Å². The molecule has 2 aliphatic rings. The van der Waals surface area contributed by atoms with Crippen LogP contribution in [0.1, 0.15) is 39.7 Å². The normalized spacial score (nSPS) is 17.1. The first-order valence-corrected chi connectivity index (χ1v) is 12.5. The molecule has 1 aliphatic carbocycles. The Morgan fingerprint density at radius 2 is 1.97 bits per heavy atom. The average Bonchev–Trinajstić information content (AvgIpc) is 3.40. The van der Waals surface area contributed by atoms with Crippen LogP contribution in [0.15, 0.2) is 33.5 Å². The van der Waals surface area contributed by atoms with Crippen LogP contribution in [0.25, 0.3) is 21.2 Å². The molecule has 1 aromatic carbocycles. The van der Waals surface area contributed by atoms with Gasteiger partial charge in [-0.15, -0.1) is 11.3 Å². The molecule has 170 valence electrons. The molecule has 0 saturated carbocycles. The SMILES string of the molecule is O=C(c1cc2cc(Cl)ccc2o1)N1CCN(Cc2nc3sc4c(c3c(=O)[nH]2)CCCC4)CC1. The Balaban J connectivity index is 1.14. The maximum absolute atomic E-state index is 12.9. The van der Waals surface area contributed by atoms with E-state index in [1.54, 1.807) is 35.6 Å². The number of carbonyl (C=O) groups is 1. The summed E-state index contributed by atoms with van der Waals surface area (Å²) in [6.45, 7) is 3.17. The standard InChI is InChI=1S/C24H23ClN4O3S/c25-15-5-6-17-14(11-15)12-18(32-17)24(31)29-9-7-28(8-10-29)13-20-26-22(30)21-16-3-1-2-4-19(16)33-23(21)27-20/h5-6,11-12H,1-4,7-10,13H2,(H,26,27,30). The van der Waals surface area contributed by atoms with Crippen LogP contribution in [0.4, 0.5) is 0 Å². The van der Waals surface area contributed by atoms with Gasteiger partial charge in [-0.3, -0.25) is 14.5 Å². The van der Waals surface area contributed by atoms with E-state index in [0.29, 0.717) is 54.9 Å². The number of halogens is 1. The zero-order chi connectivity index (χ0) is 22.5. The van der Waals surface area contributed by atoms with Gasteiger partial charge >= 0.3 is 0 Å². The number of fused-ring (bicyclic) bond motifs is 4. The molecule has 1 fully saturated rings. The number of carbonyl (C=O) groups excluding carboxylic acids is 1. The number of furan rings is 1. The summed E-state index contributed by atoms with van der Waals surface area (Å²) in [6, 6.07) is 7.08. The van der Waals surface area contributed by atoms with Crippen molar-refractivity contribution in [3.63, 3.8) is 0 Å². The van der Waals surface area contributed by atoms with Crippen molar-refractivity contribution in [2.24, 2.45) is 0 Å². The molecule has 1 N–H and O–H groups in total. The fourth-order valence-electron chi connectivity index (χ4n) is 4.88. The van der Waals surface area contributed by atoms with E-state index in [-0.39, 0.29) is 11.5 Å². The van der Waals surface area contributed by atoms with Gasteiger partial charge in [-0.1, -0.05) is 11.6 Å². The van der Waals surface area contributed by atoms with Gasteiger partial charge < -0.3 is 14.3 Å². The lowest BCUT2D eigenvalue weighted by molar-refractivity contribution is 0.0597. The molecule has 1 saturated heterocycles. The molecule has 1 aliphatic heterocycles. The first-order chi connectivity index (χ1) is 16.0. The highest BCUT2D eigenvalue weighted by Crippen LogP contribution is 2.33. The lowest BCUT2D eigenvalue weighted by atomic mass is 9.97. The Bertz CT molecular complexity index is 1430. The second-order valence-electron chi connectivity index (χ2n) is 8.76. The monoisotopic (exact) mass is 482 g/mol. The Morgan fingerprint density at radius 1 is 1.15 bits per heavy atom. The Labute approximate surface area is 199 Å². The molecule has 0 spiro atoms. The van der Waals surface area contributed by atoms with E-state index in [4.69, 9.17) is 21.0 Å². The number of aromatic nitrogens is 2. The van der Waals surface area contributed by atoms with E-state index in [1.165, 1.54) is 16.9 Å². The Kier molecular flexibility index (Phi) is 5.24. The molecule has 3 aromatic heterocycles. The van der Waals surface area contributed by atoms with E-state index in [1.807, 2.05) is 4.90 Å². The lowest BCUT2D eigenvalue weighted by Crippen LogP contribution is -2.48. The van der Waals surface area contributed by atoms with Crippen molar-refractivity contribution in [3.05, 3.63) is 61.7 Å². The van der Waals surface area contributed by atoms with E-state index in [9.17, 15) is 9.59 Å². The van der Waals surface area contributed by atoms with E-state index in [0.717, 1.165) is 34.9 Å². The molecular formula is C24H23ClN4O3S. The number of aryl methyl sites for hydroxylation is 2. The number of rotatable bonds is 3. The third kappa shape index (κ3) is 3.86. The number of aromatic amines is 1. The van der Waals surface area contributed by atoms with Gasteiger partial charge in [-0.25, -0.2) is 4.98 Å². The quantitative estimate of drug-likeness (QED) is 0.472. The zero-order valence-corrected chi connectivity index (χ0v) is 19.6. The number of nitrogens with one attached hydrogen (secondary N) is 1. The molecule has 33 heavy (non-hydrogen) atoms. The maximum atomic E-state index is 12.9. The van der Waals surface area contributed by atoms with Crippen molar-refractivity contribution in [1.29, 1.82) is 0 Å². The lowest BCUT2D eigenvalue weighted by Gasteiger charge is -2.33. The molecule has 0 radical (unpaired) electrons. The second kappa shape index (κ2) is 8.27. The van der Waals surface area contributed by atoms with Crippen LogP contribution >= 0.6 is 22.9 Å². The minimum atomic E-state index is -0.112. The molecule has 1 amide bonds. The van der Waals surface area contributed by atoms with Crippen molar-refractivity contribution in [2.45, 2.75) is 32.2 Å². The van der Waals surface area contributed by atoms with Gasteiger partial charge in [-0.05, 0) is 55.5 Å². The van der Waals surface area contributed by atoms with E-state index in [2.05, 4.69) is 9.88 Å². The third-order valence-corrected chi connectivity index (χ3v) is 8.02. The number of hydrogen-bond acceptors (Lipinski definition) is 6. The van der Waals surface area contributed by atoms with Crippen LogP contribution in [-0.2, 0) is 19.4 Å². The van der Waals surface area contributed by atoms with Gasteiger partial charge in [0.15, 0.2) is 5.76 Å². The van der Waals surface area contributed by atoms with Crippen molar-refractivity contribution in [1.82, 2.24) is 19.8 Å². The molecule has 9 heteroatoms. The molecular weight excluding hydrogens is 460 g/mol. The van der Waals surface area contributed by atoms with Crippen LogP contribution in [0, 0.1) is 0 Å². The topological polar surface area (TPSA) is 82.4 Å². The highest BCUT2D eigenvalue weighted by molar-refractivity contribution is 7.18. The number of hydrogen-bond donors (Lipinski definition) is 1. The number of nitrogens with zero attached hydrogens (tertiary/aromatic N) is 3. The molecule has 6 rings (SSSR count). The summed E-state index contributed by atoms with van der Waals surface area (Å²) in [5.74, 6) is 0.915. The van der Waals surface area contributed by atoms with E-state index < -0.39 is 0 Å². The fourth-order valence-corrected chi connectivity index (χ4v) is 6.34. The summed E-state index contributed by atoms with van der Waals surface area (Å²) in [6.07, 6.45) is 4.37. The number of benzene rings is 1.